The number of nitrogens with one attached hydrogen (secondary N) is 1. The summed E-state index contributed by atoms with van der Waals surface area (Å²) in [6, 6.07) is 1.31. The summed E-state index contributed by atoms with van der Waals surface area (Å²) in [6.07, 6.45) is 2.38. The van der Waals surface area contributed by atoms with E-state index in [1.807, 2.05) is 6.26 Å². The van der Waals surface area contributed by atoms with Crippen molar-refractivity contribution in [2.45, 2.75) is 24.3 Å². The Labute approximate surface area is 115 Å². The Morgan fingerprint density at radius 1 is 1.42 bits per heavy atom. The van der Waals surface area contributed by atoms with E-state index in [2.05, 4.69) is 4.72 Å². The minimum Gasteiger partial charge on any atom is -0.399 e. The smallest absolute Gasteiger partial charge is 0.243 e. The highest BCUT2D eigenvalue weighted by Gasteiger charge is 2.25. The Bertz CT molecular complexity index is 550. The molecule has 1 unspecified atom stereocenters. The highest BCUT2D eigenvalue weighted by atomic mass is 32.2. The molecule has 0 bridgehead atoms. The third kappa shape index (κ3) is 4.05. The first-order valence-corrected chi connectivity index (χ1v) is 8.45. The van der Waals surface area contributed by atoms with Gasteiger partial charge in [-0.3, -0.25) is 0 Å². The van der Waals surface area contributed by atoms with Crippen molar-refractivity contribution in [1.29, 1.82) is 0 Å². The number of nitrogens with two attached hydrogens (primary N) is 1. The minimum atomic E-state index is -4.13. The van der Waals surface area contributed by atoms with Gasteiger partial charge in [-0.15, -0.1) is 0 Å². The zero-order valence-electron chi connectivity index (χ0n) is 10.6. The molecule has 1 aromatic carbocycles. The van der Waals surface area contributed by atoms with E-state index in [9.17, 15) is 17.2 Å². The second-order valence-electron chi connectivity index (χ2n) is 4.00. The Kier molecular flexibility index (Phi) is 5.57. The number of hydrogen-bond acceptors (Lipinski definition) is 4. The Balaban J connectivity index is 3.13. The number of benzene rings is 1. The van der Waals surface area contributed by atoms with Gasteiger partial charge in [-0.05, 0) is 24.8 Å². The molecule has 0 aliphatic rings. The van der Waals surface area contributed by atoms with Gasteiger partial charge in [-0.25, -0.2) is 21.9 Å². The standard InChI is InChI=1S/C11H16F2N2O2S2/c1-3-8(6-18-2)15-19(16,17)10-5-7(14)4-9(12)11(10)13/h4-5,8,15H,3,6,14H2,1-2H3. The third-order valence-corrected chi connectivity index (χ3v) is 4.74. The lowest BCUT2D eigenvalue weighted by Crippen LogP contribution is -2.36. The highest BCUT2D eigenvalue weighted by Crippen LogP contribution is 2.21. The predicted molar refractivity (Wildman–Crippen MR) is 73.6 cm³/mol. The van der Waals surface area contributed by atoms with Crippen molar-refractivity contribution in [1.82, 2.24) is 4.72 Å². The van der Waals surface area contributed by atoms with Crippen molar-refractivity contribution in [3.05, 3.63) is 23.8 Å². The summed E-state index contributed by atoms with van der Waals surface area (Å²) in [7, 11) is -4.13. The monoisotopic (exact) mass is 310 g/mol. The summed E-state index contributed by atoms with van der Waals surface area (Å²) in [5, 5.41) is 0. The van der Waals surface area contributed by atoms with E-state index >= 15 is 0 Å². The second kappa shape index (κ2) is 6.53. The quantitative estimate of drug-likeness (QED) is 0.788. The van der Waals surface area contributed by atoms with Crippen LogP contribution in [0.15, 0.2) is 17.0 Å². The lowest BCUT2D eigenvalue weighted by molar-refractivity contribution is 0.481. The molecule has 0 spiro atoms. The second-order valence-corrected chi connectivity index (χ2v) is 6.59. The lowest BCUT2D eigenvalue weighted by Gasteiger charge is -2.16. The molecule has 0 aliphatic heterocycles. The summed E-state index contributed by atoms with van der Waals surface area (Å²) in [4.78, 5) is -0.760. The molecule has 0 aromatic heterocycles. The van der Waals surface area contributed by atoms with Crippen LogP contribution < -0.4 is 10.5 Å². The first-order chi connectivity index (χ1) is 8.81. The first-order valence-electron chi connectivity index (χ1n) is 5.57. The molecule has 1 aromatic rings. The maximum atomic E-state index is 13.6. The van der Waals surface area contributed by atoms with Crippen LogP contribution in [0.2, 0.25) is 0 Å². The third-order valence-electron chi connectivity index (χ3n) is 2.49. The normalized spacial score (nSPS) is 13.5. The Hall–Kier alpha value is -0.860. The van der Waals surface area contributed by atoms with E-state index in [1.54, 1.807) is 6.92 Å². The average Bonchev–Trinajstić information content (AvgIpc) is 2.32. The van der Waals surface area contributed by atoms with Crippen LogP contribution in [0.1, 0.15) is 13.3 Å². The summed E-state index contributed by atoms with van der Waals surface area (Å²) >= 11 is 1.46. The van der Waals surface area contributed by atoms with Gasteiger partial charge in [0, 0.05) is 17.5 Å². The molecule has 0 saturated carbocycles. The van der Waals surface area contributed by atoms with Gasteiger partial charge in [0.1, 0.15) is 4.90 Å². The molecular formula is C11H16F2N2O2S2. The number of nitrogen functional groups attached to an aromatic ring is 1. The molecule has 0 heterocycles. The Morgan fingerprint density at radius 2 is 2.05 bits per heavy atom. The van der Waals surface area contributed by atoms with Crippen molar-refractivity contribution in [3.8, 4) is 0 Å². The summed E-state index contributed by atoms with van der Waals surface area (Å²) < 4.78 is 53.1. The maximum Gasteiger partial charge on any atom is 0.243 e. The maximum absolute atomic E-state index is 13.6. The summed E-state index contributed by atoms with van der Waals surface area (Å²) in [6.45, 7) is 1.81. The van der Waals surface area contributed by atoms with Crippen LogP contribution in [0.25, 0.3) is 0 Å². The zero-order valence-corrected chi connectivity index (χ0v) is 12.2. The fourth-order valence-electron chi connectivity index (χ4n) is 1.50. The zero-order chi connectivity index (χ0) is 14.6. The van der Waals surface area contributed by atoms with Gasteiger partial charge < -0.3 is 5.73 Å². The van der Waals surface area contributed by atoms with Gasteiger partial charge in [-0.2, -0.15) is 11.8 Å². The van der Waals surface area contributed by atoms with Crippen molar-refractivity contribution in [2.75, 3.05) is 17.7 Å². The number of thioether (sulfide) groups is 1. The molecule has 0 fully saturated rings. The topological polar surface area (TPSA) is 72.2 Å². The van der Waals surface area contributed by atoms with Gasteiger partial charge in [0.15, 0.2) is 11.6 Å². The molecule has 1 rings (SSSR count). The van der Waals surface area contributed by atoms with E-state index in [0.717, 1.165) is 12.1 Å². The molecule has 0 amide bonds. The van der Waals surface area contributed by atoms with Gasteiger partial charge in [0.05, 0.1) is 0 Å². The van der Waals surface area contributed by atoms with Gasteiger partial charge in [0.2, 0.25) is 10.0 Å². The van der Waals surface area contributed by atoms with Crippen LogP contribution in [0.3, 0.4) is 0 Å². The SMILES string of the molecule is CCC(CSC)NS(=O)(=O)c1cc(N)cc(F)c1F. The summed E-state index contributed by atoms with van der Waals surface area (Å²) in [5.74, 6) is -2.15. The number of hydrogen-bond donors (Lipinski definition) is 2. The van der Waals surface area contributed by atoms with Gasteiger partial charge in [-0.1, -0.05) is 6.92 Å². The molecule has 0 radical (unpaired) electrons. The fourth-order valence-corrected chi connectivity index (χ4v) is 3.77. The van der Waals surface area contributed by atoms with E-state index in [-0.39, 0.29) is 11.7 Å². The van der Waals surface area contributed by atoms with Crippen molar-refractivity contribution >= 4 is 27.5 Å². The lowest BCUT2D eigenvalue weighted by atomic mass is 10.3. The van der Waals surface area contributed by atoms with Crippen LogP contribution in [0.4, 0.5) is 14.5 Å². The Morgan fingerprint density at radius 3 is 2.58 bits per heavy atom. The van der Waals surface area contributed by atoms with E-state index in [4.69, 9.17) is 5.73 Å². The molecule has 0 saturated heterocycles. The average molecular weight is 310 g/mol. The largest absolute Gasteiger partial charge is 0.399 e. The molecule has 19 heavy (non-hydrogen) atoms. The highest BCUT2D eigenvalue weighted by molar-refractivity contribution is 7.98. The minimum absolute atomic E-state index is 0.141. The van der Waals surface area contributed by atoms with E-state index < -0.39 is 26.6 Å². The summed E-state index contributed by atoms with van der Waals surface area (Å²) in [5.41, 5.74) is 5.20. The van der Waals surface area contributed by atoms with E-state index in [0.29, 0.717) is 12.2 Å². The van der Waals surface area contributed by atoms with Crippen molar-refractivity contribution in [2.24, 2.45) is 0 Å². The van der Waals surface area contributed by atoms with Crippen LogP contribution in [0, 0.1) is 11.6 Å². The predicted octanol–water partition coefficient (Wildman–Crippen LogP) is 1.97. The number of sulfonamides is 1. The molecular weight excluding hydrogens is 294 g/mol. The van der Waals surface area contributed by atoms with Crippen LogP contribution in [-0.4, -0.2) is 26.5 Å². The van der Waals surface area contributed by atoms with E-state index in [1.165, 1.54) is 11.8 Å². The number of anilines is 1. The number of rotatable bonds is 6. The van der Waals surface area contributed by atoms with Gasteiger partial charge >= 0.3 is 0 Å². The van der Waals surface area contributed by atoms with Crippen LogP contribution in [0.5, 0.6) is 0 Å². The molecule has 0 aliphatic carbocycles. The fraction of sp³-hybridized carbons (Fsp3) is 0.455. The molecule has 4 nitrogen and oxygen atoms in total. The molecule has 8 heteroatoms. The van der Waals surface area contributed by atoms with Crippen LogP contribution >= 0.6 is 11.8 Å². The molecule has 3 N–H and O–H groups in total. The first kappa shape index (κ1) is 16.2. The van der Waals surface area contributed by atoms with Crippen LogP contribution in [-0.2, 0) is 10.0 Å². The molecule has 108 valence electrons. The van der Waals surface area contributed by atoms with Crippen molar-refractivity contribution in [3.63, 3.8) is 0 Å². The van der Waals surface area contributed by atoms with Gasteiger partial charge in [0.25, 0.3) is 0 Å². The molecule has 1 atom stereocenters. The van der Waals surface area contributed by atoms with Crippen molar-refractivity contribution < 1.29 is 17.2 Å². The number of halogens is 2.